The first-order valence-electron chi connectivity index (χ1n) is 7.56. The van der Waals surface area contributed by atoms with Crippen molar-refractivity contribution in [3.8, 4) is 0 Å². The number of hydrogen-bond acceptors (Lipinski definition) is 4. The molecule has 1 aromatic rings. The summed E-state index contributed by atoms with van der Waals surface area (Å²) in [5.41, 5.74) is 0.454. The molecule has 3 rings (SSSR count). The van der Waals surface area contributed by atoms with Crippen LogP contribution in [0.4, 0.5) is 0 Å². The Morgan fingerprint density at radius 2 is 2.23 bits per heavy atom. The van der Waals surface area contributed by atoms with Gasteiger partial charge in [-0.1, -0.05) is 0 Å². The minimum atomic E-state index is -0.0558. The average Bonchev–Trinajstić information content (AvgIpc) is 2.55. The molecule has 7 heteroatoms. The van der Waals surface area contributed by atoms with Gasteiger partial charge in [-0.3, -0.25) is 9.59 Å². The van der Waals surface area contributed by atoms with Crippen molar-refractivity contribution in [1.29, 1.82) is 0 Å². The SMILES string of the molecule is O=C(c1ccc(Br)cn1)N1CCCC(N2CCNCC2=O)C1. The van der Waals surface area contributed by atoms with Crippen LogP contribution in [0.15, 0.2) is 22.8 Å². The van der Waals surface area contributed by atoms with Gasteiger partial charge in [0, 0.05) is 42.9 Å². The highest BCUT2D eigenvalue weighted by Crippen LogP contribution is 2.19. The van der Waals surface area contributed by atoms with Gasteiger partial charge in [0.05, 0.1) is 6.54 Å². The van der Waals surface area contributed by atoms with E-state index in [4.69, 9.17) is 0 Å². The molecule has 2 aliphatic heterocycles. The second-order valence-electron chi connectivity index (χ2n) is 5.67. The van der Waals surface area contributed by atoms with E-state index in [1.807, 2.05) is 15.9 Å². The van der Waals surface area contributed by atoms with Crippen LogP contribution in [0, 0.1) is 0 Å². The van der Waals surface area contributed by atoms with Gasteiger partial charge >= 0.3 is 0 Å². The van der Waals surface area contributed by atoms with Gasteiger partial charge in [-0.25, -0.2) is 4.98 Å². The predicted octanol–water partition coefficient (Wildman–Crippen LogP) is 0.880. The fourth-order valence-electron chi connectivity index (χ4n) is 3.07. The maximum atomic E-state index is 12.6. The van der Waals surface area contributed by atoms with Crippen molar-refractivity contribution in [2.24, 2.45) is 0 Å². The molecule has 2 amide bonds. The van der Waals surface area contributed by atoms with Crippen LogP contribution in [0.25, 0.3) is 0 Å². The standard InChI is InChI=1S/C15H19BrN4O2/c16-11-3-4-13(18-8-11)15(22)19-6-1-2-12(10-19)20-7-5-17-9-14(20)21/h3-4,8,12,17H,1-2,5-7,9-10H2. The Bertz CT molecular complexity index is 563. The molecule has 1 unspecified atom stereocenters. The number of nitrogens with one attached hydrogen (secondary N) is 1. The zero-order chi connectivity index (χ0) is 15.5. The Kier molecular flexibility index (Phi) is 4.73. The van der Waals surface area contributed by atoms with Crippen molar-refractivity contribution in [3.63, 3.8) is 0 Å². The zero-order valence-electron chi connectivity index (χ0n) is 12.3. The van der Waals surface area contributed by atoms with Crippen LogP contribution < -0.4 is 5.32 Å². The Hall–Kier alpha value is -1.47. The van der Waals surface area contributed by atoms with E-state index in [1.54, 1.807) is 12.3 Å². The van der Waals surface area contributed by atoms with Crippen molar-refractivity contribution >= 4 is 27.7 Å². The molecule has 0 aliphatic carbocycles. The van der Waals surface area contributed by atoms with Crippen LogP contribution >= 0.6 is 15.9 Å². The zero-order valence-corrected chi connectivity index (χ0v) is 13.9. The lowest BCUT2D eigenvalue weighted by molar-refractivity contribution is -0.135. The molecule has 118 valence electrons. The second kappa shape index (κ2) is 6.75. The molecule has 0 saturated carbocycles. The van der Waals surface area contributed by atoms with Crippen molar-refractivity contribution in [2.45, 2.75) is 18.9 Å². The van der Waals surface area contributed by atoms with Crippen LogP contribution in [0.5, 0.6) is 0 Å². The van der Waals surface area contributed by atoms with Gasteiger partial charge in [0.1, 0.15) is 5.69 Å². The largest absolute Gasteiger partial charge is 0.336 e. The summed E-state index contributed by atoms with van der Waals surface area (Å²) in [5, 5.41) is 3.08. The van der Waals surface area contributed by atoms with E-state index in [1.165, 1.54) is 0 Å². The topological polar surface area (TPSA) is 65.5 Å². The summed E-state index contributed by atoms with van der Waals surface area (Å²) in [6, 6.07) is 3.68. The highest BCUT2D eigenvalue weighted by molar-refractivity contribution is 9.10. The summed E-state index contributed by atoms with van der Waals surface area (Å²) in [5.74, 6) is 0.0760. The number of aromatic nitrogens is 1. The number of piperidine rings is 1. The number of piperazine rings is 1. The van der Waals surface area contributed by atoms with E-state index in [0.29, 0.717) is 18.8 Å². The minimum Gasteiger partial charge on any atom is -0.336 e. The first kappa shape index (κ1) is 15.4. The maximum Gasteiger partial charge on any atom is 0.272 e. The molecule has 0 spiro atoms. The molecule has 22 heavy (non-hydrogen) atoms. The van der Waals surface area contributed by atoms with Gasteiger partial charge in [-0.05, 0) is 40.9 Å². The van der Waals surface area contributed by atoms with Gasteiger partial charge < -0.3 is 15.1 Å². The third-order valence-corrected chi connectivity index (χ3v) is 4.67. The third kappa shape index (κ3) is 3.30. The van der Waals surface area contributed by atoms with E-state index in [9.17, 15) is 9.59 Å². The summed E-state index contributed by atoms with van der Waals surface area (Å²) in [6.07, 6.45) is 3.52. The molecule has 2 aliphatic rings. The number of likely N-dealkylation sites (tertiary alicyclic amines) is 1. The quantitative estimate of drug-likeness (QED) is 0.843. The van der Waals surface area contributed by atoms with Crippen molar-refractivity contribution in [1.82, 2.24) is 20.1 Å². The lowest BCUT2D eigenvalue weighted by Crippen LogP contribution is -2.57. The average molecular weight is 367 g/mol. The Morgan fingerprint density at radius 1 is 1.36 bits per heavy atom. The highest BCUT2D eigenvalue weighted by atomic mass is 79.9. The molecule has 0 aromatic carbocycles. The molecular formula is C15H19BrN4O2. The predicted molar refractivity (Wildman–Crippen MR) is 85.4 cm³/mol. The molecule has 3 heterocycles. The monoisotopic (exact) mass is 366 g/mol. The van der Waals surface area contributed by atoms with Crippen LogP contribution in [-0.2, 0) is 4.79 Å². The summed E-state index contributed by atoms with van der Waals surface area (Å²) in [6.45, 7) is 3.28. The molecule has 2 fully saturated rings. The molecule has 0 radical (unpaired) electrons. The highest BCUT2D eigenvalue weighted by Gasteiger charge is 2.32. The van der Waals surface area contributed by atoms with Crippen LogP contribution in [0.2, 0.25) is 0 Å². The summed E-state index contributed by atoms with van der Waals surface area (Å²) in [7, 11) is 0. The van der Waals surface area contributed by atoms with Crippen LogP contribution in [0.3, 0.4) is 0 Å². The number of carbonyl (C=O) groups excluding carboxylic acids is 2. The van der Waals surface area contributed by atoms with E-state index in [-0.39, 0.29) is 17.9 Å². The van der Waals surface area contributed by atoms with Gasteiger partial charge in [-0.2, -0.15) is 0 Å². The Balaban J connectivity index is 1.68. The van der Waals surface area contributed by atoms with Crippen LogP contribution in [-0.4, -0.2) is 65.4 Å². The molecule has 0 bridgehead atoms. The maximum absolute atomic E-state index is 12.6. The van der Waals surface area contributed by atoms with E-state index in [0.717, 1.165) is 36.9 Å². The number of pyridine rings is 1. The number of hydrogen-bond donors (Lipinski definition) is 1. The summed E-state index contributed by atoms with van der Waals surface area (Å²) < 4.78 is 0.854. The van der Waals surface area contributed by atoms with E-state index in [2.05, 4.69) is 26.2 Å². The molecule has 1 N–H and O–H groups in total. The lowest BCUT2D eigenvalue weighted by Gasteiger charge is -2.41. The first-order chi connectivity index (χ1) is 10.6. The number of amides is 2. The second-order valence-corrected chi connectivity index (χ2v) is 6.59. The van der Waals surface area contributed by atoms with E-state index >= 15 is 0 Å². The fourth-order valence-corrected chi connectivity index (χ4v) is 3.30. The third-order valence-electron chi connectivity index (χ3n) is 4.20. The molecule has 2 saturated heterocycles. The molecule has 6 nitrogen and oxygen atoms in total. The van der Waals surface area contributed by atoms with Gasteiger partial charge in [0.15, 0.2) is 0 Å². The van der Waals surface area contributed by atoms with Gasteiger partial charge in [0.2, 0.25) is 5.91 Å². The number of carbonyl (C=O) groups is 2. The smallest absolute Gasteiger partial charge is 0.272 e. The number of nitrogens with zero attached hydrogens (tertiary/aromatic N) is 3. The first-order valence-corrected chi connectivity index (χ1v) is 8.35. The van der Waals surface area contributed by atoms with Crippen molar-refractivity contribution in [2.75, 3.05) is 32.7 Å². The van der Waals surface area contributed by atoms with E-state index < -0.39 is 0 Å². The normalized spacial score (nSPS) is 22.8. The number of rotatable bonds is 2. The van der Waals surface area contributed by atoms with Crippen LogP contribution in [0.1, 0.15) is 23.3 Å². The van der Waals surface area contributed by atoms with Crippen molar-refractivity contribution in [3.05, 3.63) is 28.5 Å². The Labute approximate surface area is 138 Å². The lowest BCUT2D eigenvalue weighted by atomic mass is 10.0. The summed E-state index contributed by atoms with van der Waals surface area (Å²) in [4.78, 5) is 32.5. The Morgan fingerprint density at radius 3 is 2.95 bits per heavy atom. The molecular weight excluding hydrogens is 348 g/mol. The molecule has 1 atom stereocenters. The summed E-state index contributed by atoms with van der Waals surface area (Å²) >= 11 is 3.32. The minimum absolute atomic E-state index is 0.0558. The molecule has 1 aromatic heterocycles. The number of halogens is 1. The van der Waals surface area contributed by atoms with Crippen molar-refractivity contribution < 1.29 is 9.59 Å². The van der Waals surface area contributed by atoms with Gasteiger partial charge in [-0.15, -0.1) is 0 Å². The fraction of sp³-hybridized carbons (Fsp3) is 0.533. The van der Waals surface area contributed by atoms with Gasteiger partial charge in [0.25, 0.3) is 5.91 Å².